The topological polar surface area (TPSA) is 40.5 Å². The maximum Gasteiger partial charge on any atom is 0.258 e. The van der Waals surface area contributed by atoms with Gasteiger partial charge in [-0.15, -0.1) is 0 Å². The van der Waals surface area contributed by atoms with Gasteiger partial charge in [0.15, 0.2) is 11.5 Å². The molecule has 0 atom stereocenters. The standard InChI is InChI=1S/C20H21NO3Si/c1-21-16-9-18-17(23-11-24-18)8-15(16)19-13-6-7-25(2,3)10-12(13)4-5-14(19)20(21)22/h4-5,8-9H,6-7,10-11H2,1-3H3. The average Bonchev–Trinajstić information content (AvgIpc) is 3.04. The van der Waals surface area contributed by atoms with Crippen molar-refractivity contribution in [1.82, 2.24) is 4.57 Å². The van der Waals surface area contributed by atoms with Gasteiger partial charge in [-0.3, -0.25) is 4.79 Å². The molecule has 0 aliphatic carbocycles. The lowest BCUT2D eigenvalue weighted by atomic mass is 9.94. The van der Waals surface area contributed by atoms with Gasteiger partial charge in [-0.05, 0) is 35.7 Å². The Morgan fingerprint density at radius 1 is 1.08 bits per heavy atom. The summed E-state index contributed by atoms with van der Waals surface area (Å²) in [6.45, 7) is 5.16. The lowest BCUT2D eigenvalue weighted by Gasteiger charge is -2.30. The first-order valence-electron chi connectivity index (χ1n) is 8.81. The van der Waals surface area contributed by atoms with Gasteiger partial charge < -0.3 is 14.0 Å². The lowest BCUT2D eigenvalue weighted by molar-refractivity contribution is 0.174. The lowest BCUT2D eigenvalue weighted by Crippen LogP contribution is -2.34. The van der Waals surface area contributed by atoms with Crippen molar-refractivity contribution >= 4 is 29.7 Å². The first kappa shape index (κ1) is 15.0. The summed E-state index contributed by atoms with van der Waals surface area (Å²) in [6.07, 6.45) is 1.07. The van der Waals surface area contributed by atoms with Crippen molar-refractivity contribution in [1.29, 1.82) is 0 Å². The molecule has 0 saturated carbocycles. The van der Waals surface area contributed by atoms with E-state index in [4.69, 9.17) is 9.47 Å². The van der Waals surface area contributed by atoms with Gasteiger partial charge in [0.05, 0.1) is 13.6 Å². The summed E-state index contributed by atoms with van der Waals surface area (Å²) in [5, 5.41) is 3.03. The summed E-state index contributed by atoms with van der Waals surface area (Å²) >= 11 is 0. The number of aromatic nitrogens is 1. The Hall–Kier alpha value is -2.27. The van der Waals surface area contributed by atoms with E-state index in [-0.39, 0.29) is 12.4 Å². The minimum Gasteiger partial charge on any atom is -0.454 e. The molecule has 0 bridgehead atoms. The number of rotatable bonds is 0. The van der Waals surface area contributed by atoms with Crippen LogP contribution < -0.4 is 15.0 Å². The second-order valence-electron chi connectivity index (χ2n) is 8.05. The predicted octanol–water partition coefficient (Wildman–Crippen LogP) is 3.77. The molecule has 3 heterocycles. The van der Waals surface area contributed by atoms with Gasteiger partial charge in [-0.25, -0.2) is 0 Å². The molecule has 1 aromatic heterocycles. The van der Waals surface area contributed by atoms with Gasteiger partial charge in [0, 0.05) is 29.3 Å². The van der Waals surface area contributed by atoms with Crippen molar-refractivity contribution in [2.24, 2.45) is 7.05 Å². The maximum absolute atomic E-state index is 13.0. The number of fused-ring (bicyclic) bond motifs is 6. The van der Waals surface area contributed by atoms with Crippen molar-refractivity contribution in [3.8, 4) is 11.5 Å². The Bertz CT molecular complexity index is 1110. The zero-order chi connectivity index (χ0) is 17.3. The third-order valence-corrected chi connectivity index (χ3v) is 8.73. The Balaban J connectivity index is 1.95. The number of hydrogen-bond donors (Lipinski definition) is 0. The Kier molecular flexibility index (Phi) is 2.93. The van der Waals surface area contributed by atoms with E-state index in [1.54, 1.807) is 4.57 Å². The van der Waals surface area contributed by atoms with E-state index in [9.17, 15) is 4.79 Å². The van der Waals surface area contributed by atoms with Crippen molar-refractivity contribution in [2.45, 2.75) is 31.6 Å². The summed E-state index contributed by atoms with van der Waals surface area (Å²) in [5.41, 5.74) is 3.77. The number of ether oxygens (including phenoxy) is 2. The molecule has 0 unspecified atom stereocenters. The fourth-order valence-corrected chi connectivity index (χ4v) is 6.86. The molecule has 4 nitrogen and oxygen atoms in total. The van der Waals surface area contributed by atoms with Crippen LogP contribution in [0.25, 0.3) is 21.7 Å². The molecule has 5 heteroatoms. The minimum atomic E-state index is -1.17. The molecule has 0 fully saturated rings. The quantitative estimate of drug-likeness (QED) is 0.457. The highest BCUT2D eigenvalue weighted by atomic mass is 28.3. The van der Waals surface area contributed by atoms with Gasteiger partial charge in [-0.1, -0.05) is 25.2 Å². The number of pyridine rings is 1. The molecule has 2 aromatic carbocycles. The largest absolute Gasteiger partial charge is 0.454 e. The van der Waals surface area contributed by atoms with E-state index in [1.807, 2.05) is 19.2 Å². The number of aryl methyl sites for hydroxylation is 2. The summed E-state index contributed by atoms with van der Waals surface area (Å²) < 4.78 is 12.9. The minimum absolute atomic E-state index is 0.0613. The molecule has 0 N–H and O–H groups in total. The van der Waals surface area contributed by atoms with E-state index in [0.717, 1.165) is 39.6 Å². The summed E-state index contributed by atoms with van der Waals surface area (Å²) in [6, 6.07) is 10.7. The van der Waals surface area contributed by atoms with Crippen LogP contribution in [-0.4, -0.2) is 19.4 Å². The van der Waals surface area contributed by atoms with Crippen LogP contribution in [0.2, 0.25) is 19.1 Å². The van der Waals surface area contributed by atoms with Gasteiger partial charge in [0.1, 0.15) is 0 Å². The Morgan fingerprint density at radius 3 is 2.64 bits per heavy atom. The van der Waals surface area contributed by atoms with Crippen LogP contribution in [0.15, 0.2) is 29.1 Å². The first-order valence-corrected chi connectivity index (χ1v) is 12.2. The zero-order valence-corrected chi connectivity index (χ0v) is 15.8. The van der Waals surface area contributed by atoms with Crippen molar-refractivity contribution in [3.63, 3.8) is 0 Å². The SMILES string of the molecule is Cn1c(=O)c2ccc3c(c2c2cc4c(cc21)OCO4)CC[Si](C)(C)C3. The van der Waals surface area contributed by atoms with E-state index >= 15 is 0 Å². The van der Waals surface area contributed by atoms with Crippen LogP contribution >= 0.6 is 0 Å². The number of hydrogen-bond acceptors (Lipinski definition) is 3. The van der Waals surface area contributed by atoms with E-state index < -0.39 is 8.07 Å². The molecule has 128 valence electrons. The Labute approximate surface area is 147 Å². The highest BCUT2D eigenvalue weighted by Crippen LogP contribution is 2.40. The van der Waals surface area contributed by atoms with Crippen LogP contribution in [-0.2, 0) is 19.5 Å². The van der Waals surface area contributed by atoms with Crippen LogP contribution in [0.4, 0.5) is 0 Å². The van der Waals surface area contributed by atoms with E-state index in [2.05, 4.69) is 25.2 Å². The molecule has 25 heavy (non-hydrogen) atoms. The highest BCUT2D eigenvalue weighted by Gasteiger charge is 2.29. The summed E-state index contributed by atoms with van der Waals surface area (Å²) in [4.78, 5) is 13.0. The van der Waals surface area contributed by atoms with Crippen molar-refractivity contribution < 1.29 is 9.47 Å². The molecule has 2 aliphatic rings. The van der Waals surface area contributed by atoms with E-state index in [0.29, 0.717) is 0 Å². The Morgan fingerprint density at radius 2 is 1.84 bits per heavy atom. The monoisotopic (exact) mass is 351 g/mol. The molecule has 5 rings (SSSR count). The van der Waals surface area contributed by atoms with Gasteiger partial charge in [0.25, 0.3) is 5.56 Å². The third-order valence-electron chi connectivity index (χ3n) is 5.79. The first-order chi connectivity index (χ1) is 11.9. The van der Waals surface area contributed by atoms with Crippen LogP contribution in [0.3, 0.4) is 0 Å². The maximum atomic E-state index is 13.0. The molecular formula is C20H21NO3Si. The molecule has 0 amide bonds. The smallest absolute Gasteiger partial charge is 0.258 e. The third kappa shape index (κ3) is 2.08. The average molecular weight is 351 g/mol. The van der Waals surface area contributed by atoms with Gasteiger partial charge in [0.2, 0.25) is 6.79 Å². The molecule has 0 saturated heterocycles. The predicted molar refractivity (Wildman–Crippen MR) is 103 cm³/mol. The summed E-state index contributed by atoms with van der Waals surface area (Å²) in [7, 11) is 0.669. The van der Waals surface area contributed by atoms with Gasteiger partial charge >= 0.3 is 0 Å². The molecule has 3 aromatic rings. The normalized spacial score (nSPS) is 17.9. The van der Waals surface area contributed by atoms with Gasteiger partial charge in [-0.2, -0.15) is 0 Å². The van der Waals surface area contributed by atoms with Crippen LogP contribution in [0.5, 0.6) is 11.5 Å². The van der Waals surface area contributed by atoms with Crippen molar-refractivity contribution in [3.05, 3.63) is 45.7 Å². The number of benzene rings is 2. The molecule has 0 spiro atoms. The second-order valence-corrected chi connectivity index (χ2v) is 13.2. The van der Waals surface area contributed by atoms with Crippen LogP contribution in [0.1, 0.15) is 11.1 Å². The fourth-order valence-electron chi connectivity index (χ4n) is 4.39. The number of nitrogens with zero attached hydrogens (tertiary/aromatic N) is 1. The summed E-state index contributed by atoms with van der Waals surface area (Å²) in [5.74, 6) is 1.50. The van der Waals surface area contributed by atoms with E-state index in [1.165, 1.54) is 23.2 Å². The molecular weight excluding hydrogens is 330 g/mol. The highest BCUT2D eigenvalue weighted by molar-refractivity contribution is 6.77. The zero-order valence-electron chi connectivity index (χ0n) is 14.8. The van der Waals surface area contributed by atoms with Crippen molar-refractivity contribution in [2.75, 3.05) is 6.79 Å². The second kappa shape index (κ2) is 4.88. The molecule has 0 radical (unpaired) electrons. The fraction of sp³-hybridized carbons (Fsp3) is 0.350. The van der Waals surface area contributed by atoms with Crippen LogP contribution in [0, 0.1) is 0 Å². The molecule has 2 aliphatic heterocycles.